The summed E-state index contributed by atoms with van der Waals surface area (Å²) in [5.41, 5.74) is 0. The van der Waals surface area contributed by atoms with E-state index in [1.165, 1.54) is 0 Å². The Hall–Kier alpha value is -0.120. The van der Waals surface area contributed by atoms with E-state index in [-0.39, 0.29) is 6.10 Å². The Bertz CT molecular complexity index is 119. The lowest BCUT2D eigenvalue weighted by molar-refractivity contribution is 0.0880. The van der Waals surface area contributed by atoms with E-state index in [1.54, 1.807) is 7.11 Å². The first kappa shape index (κ1) is 12.9. The fourth-order valence-corrected chi connectivity index (χ4v) is 1.01. The highest BCUT2D eigenvalue weighted by molar-refractivity contribution is 4.68. The van der Waals surface area contributed by atoms with E-state index in [1.807, 2.05) is 0 Å². The van der Waals surface area contributed by atoms with Crippen LogP contribution in [0.3, 0.4) is 0 Å². The van der Waals surface area contributed by atoms with Gasteiger partial charge in [-0.2, -0.15) is 0 Å². The van der Waals surface area contributed by atoms with Gasteiger partial charge in [0.25, 0.3) is 0 Å². The van der Waals surface area contributed by atoms with Gasteiger partial charge < -0.3 is 15.0 Å². The summed E-state index contributed by atoms with van der Waals surface area (Å²) in [5.74, 6) is 0. The Morgan fingerprint density at radius 3 is 2.46 bits per heavy atom. The van der Waals surface area contributed by atoms with E-state index in [4.69, 9.17) is 4.74 Å². The molecule has 3 nitrogen and oxygen atoms in total. The van der Waals surface area contributed by atoms with E-state index in [2.05, 4.69) is 38.0 Å². The normalized spacial score (nSPS) is 16.2. The molecule has 0 radical (unpaired) electrons. The summed E-state index contributed by atoms with van der Waals surface area (Å²) in [5, 5.41) is 3.43. The van der Waals surface area contributed by atoms with Crippen molar-refractivity contribution in [3.8, 4) is 0 Å². The molecule has 0 aromatic carbocycles. The summed E-state index contributed by atoms with van der Waals surface area (Å²) in [6.07, 6.45) is 0.284. The minimum absolute atomic E-state index is 0.284. The van der Waals surface area contributed by atoms with Crippen molar-refractivity contribution in [2.24, 2.45) is 0 Å². The van der Waals surface area contributed by atoms with Crippen molar-refractivity contribution in [1.82, 2.24) is 10.2 Å². The molecular formula is C10H24N2O. The number of rotatable bonds is 7. The van der Waals surface area contributed by atoms with Gasteiger partial charge >= 0.3 is 0 Å². The molecule has 0 spiro atoms. The van der Waals surface area contributed by atoms with Crippen molar-refractivity contribution >= 4 is 0 Å². The van der Waals surface area contributed by atoms with Crippen LogP contribution in [-0.2, 0) is 4.74 Å². The van der Waals surface area contributed by atoms with Gasteiger partial charge in [0.2, 0.25) is 0 Å². The number of hydrogen-bond donors (Lipinski definition) is 1. The first-order valence-electron chi connectivity index (χ1n) is 5.06. The van der Waals surface area contributed by atoms with E-state index < -0.39 is 0 Å². The average Bonchev–Trinajstić information content (AvgIpc) is 2.15. The van der Waals surface area contributed by atoms with Gasteiger partial charge in [-0.05, 0) is 27.4 Å². The predicted octanol–water partition coefficient (Wildman–Crippen LogP) is 0.951. The Balaban J connectivity index is 3.41. The smallest absolute Gasteiger partial charge is 0.0693 e. The second-order valence-electron chi connectivity index (χ2n) is 3.58. The van der Waals surface area contributed by atoms with Crippen molar-refractivity contribution in [3.63, 3.8) is 0 Å². The molecule has 0 aliphatic rings. The first-order chi connectivity index (χ1) is 6.11. The van der Waals surface area contributed by atoms with Gasteiger partial charge in [-0.1, -0.05) is 6.92 Å². The third kappa shape index (κ3) is 6.02. The van der Waals surface area contributed by atoms with Crippen LogP contribution in [0.1, 0.15) is 20.8 Å². The SMILES string of the molecule is CCN(C)CCNC(C)C(C)OC. The lowest BCUT2D eigenvalue weighted by Gasteiger charge is -2.21. The zero-order valence-corrected chi connectivity index (χ0v) is 9.63. The summed E-state index contributed by atoms with van der Waals surface area (Å²) in [4.78, 5) is 2.29. The molecule has 0 aliphatic carbocycles. The molecule has 80 valence electrons. The van der Waals surface area contributed by atoms with Crippen molar-refractivity contribution in [2.75, 3.05) is 33.8 Å². The zero-order valence-electron chi connectivity index (χ0n) is 9.63. The Kier molecular flexibility index (Phi) is 7.23. The second kappa shape index (κ2) is 7.30. The summed E-state index contributed by atoms with van der Waals surface area (Å²) < 4.78 is 5.22. The molecule has 13 heavy (non-hydrogen) atoms. The van der Waals surface area contributed by atoms with Gasteiger partial charge in [-0.25, -0.2) is 0 Å². The Morgan fingerprint density at radius 2 is 2.00 bits per heavy atom. The molecule has 0 bridgehead atoms. The van der Waals surface area contributed by atoms with Crippen LogP contribution >= 0.6 is 0 Å². The van der Waals surface area contributed by atoms with Crippen molar-refractivity contribution in [3.05, 3.63) is 0 Å². The molecule has 0 amide bonds. The predicted molar refractivity (Wildman–Crippen MR) is 57.1 cm³/mol. The van der Waals surface area contributed by atoms with E-state index >= 15 is 0 Å². The molecule has 0 saturated heterocycles. The highest BCUT2D eigenvalue weighted by Crippen LogP contribution is 1.95. The molecule has 3 heteroatoms. The van der Waals surface area contributed by atoms with Gasteiger partial charge in [-0.15, -0.1) is 0 Å². The van der Waals surface area contributed by atoms with Crippen LogP contribution in [0, 0.1) is 0 Å². The molecule has 0 aromatic heterocycles. The van der Waals surface area contributed by atoms with Crippen molar-refractivity contribution < 1.29 is 4.74 Å². The van der Waals surface area contributed by atoms with Crippen LogP contribution in [-0.4, -0.2) is 50.8 Å². The number of nitrogens with zero attached hydrogens (tertiary/aromatic N) is 1. The topological polar surface area (TPSA) is 24.5 Å². The van der Waals surface area contributed by atoms with Crippen LogP contribution in [0.4, 0.5) is 0 Å². The highest BCUT2D eigenvalue weighted by Gasteiger charge is 2.09. The van der Waals surface area contributed by atoms with Crippen LogP contribution in [0.25, 0.3) is 0 Å². The average molecular weight is 188 g/mol. The van der Waals surface area contributed by atoms with Crippen LogP contribution in [0.2, 0.25) is 0 Å². The van der Waals surface area contributed by atoms with Crippen LogP contribution < -0.4 is 5.32 Å². The fourth-order valence-electron chi connectivity index (χ4n) is 1.01. The molecule has 0 heterocycles. The molecule has 0 aromatic rings. The number of hydrogen-bond acceptors (Lipinski definition) is 3. The first-order valence-corrected chi connectivity index (χ1v) is 5.06. The summed E-state index contributed by atoms with van der Waals surface area (Å²) in [6.45, 7) is 9.63. The van der Waals surface area contributed by atoms with Gasteiger partial charge in [0.1, 0.15) is 0 Å². The minimum Gasteiger partial charge on any atom is -0.380 e. The molecule has 0 fully saturated rings. The third-order valence-electron chi connectivity index (χ3n) is 2.58. The quantitative estimate of drug-likeness (QED) is 0.644. The number of nitrogens with one attached hydrogen (secondary N) is 1. The molecule has 0 rings (SSSR count). The molecule has 2 atom stereocenters. The van der Waals surface area contributed by atoms with E-state index in [0.717, 1.165) is 19.6 Å². The number of methoxy groups -OCH3 is 1. The van der Waals surface area contributed by atoms with Gasteiger partial charge in [-0.3, -0.25) is 0 Å². The monoisotopic (exact) mass is 188 g/mol. The minimum atomic E-state index is 0.284. The maximum atomic E-state index is 5.22. The lowest BCUT2D eigenvalue weighted by atomic mass is 10.2. The molecule has 0 aliphatic heterocycles. The van der Waals surface area contributed by atoms with Gasteiger partial charge in [0, 0.05) is 26.2 Å². The lowest BCUT2D eigenvalue weighted by Crippen LogP contribution is -2.40. The van der Waals surface area contributed by atoms with Crippen molar-refractivity contribution in [1.29, 1.82) is 0 Å². The van der Waals surface area contributed by atoms with E-state index in [0.29, 0.717) is 6.04 Å². The Labute approximate surface area is 82.4 Å². The molecular weight excluding hydrogens is 164 g/mol. The fraction of sp³-hybridized carbons (Fsp3) is 1.00. The Morgan fingerprint density at radius 1 is 1.38 bits per heavy atom. The zero-order chi connectivity index (χ0) is 10.3. The molecule has 2 unspecified atom stereocenters. The van der Waals surface area contributed by atoms with Gasteiger partial charge in [0.05, 0.1) is 6.10 Å². The summed E-state index contributed by atoms with van der Waals surface area (Å²) in [7, 11) is 3.88. The number of likely N-dealkylation sites (N-methyl/N-ethyl adjacent to an activating group) is 1. The molecule has 0 saturated carbocycles. The molecule has 1 N–H and O–H groups in total. The van der Waals surface area contributed by atoms with Crippen LogP contribution in [0.15, 0.2) is 0 Å². The summed E-state index contributed by atoms with van der Waals surface area (Å²) in [6, 6.07) is 0.426. The standard InChI is InChI=1S/C10H24N2O/c1-6-12(4)8-7-11-9(2)10(3)13-5/h9-11H,6-8H2,1-5H3. The maximum absolute atomic E-state index is 5.22. The number of ether oxygens (including phenoxy) is 1. The van der Waals surface area contributed by atoms with Crippen molar-refractivity contribution in [2.45, 2.75) is 32.9 Å². The van der Waals surface area contributed by atoms with Crippen LogP contribution in [0.5, 0.6) is 0 Å². The summed E-state index contributed by atoms with van der Waals surface area (Å²) >= 11 is 0. The maximum Gasteiger partial charge on any atom is 0.0693 e. The van der Waals surface area contributed by atoms with Gasteiger partial charge in [0.15, 0.2) is 0 Å². The van der Waals surface area contributed by atoms with E-state index in [9.17, 15) is 0 Å². The third-order valence-corrected chi connectivity index (χ3v) is 2.58. The highest BCUT2D eigenvalue weighted by atomic mass is 16.5. The second-order valence-corrected chi connectivity index (χ2v) is 3.58. The largest absolute Gasteiger partial charge is 0.380 e.